The van der Waals surface area contributed by atoms with Gasteiger partial charge in [0, 0.05) is 36.3 Å². The van der Waals surface area contributed by atoms with E-state index in [0.717, 1.165) is 0 Å². The topological polar surface area (TPSA) is 15.3 Å². The van der Waals surface area contributed by atoms with Crippen LogP contribution in [0.3, 0.4) is 0 Å². The molecule has 4 nitrogen and oxygen atoms in total. The van der Waals surface area contributed by atoms with Gasteiger partial charge >= 0.3 is 0 Å². The highest BCUT2D eigenvalue weighted by Crippen LogP contribution is 2.28. The van der Waals surface area contributed by atoms with Gasteiger partial charge in [0.1, 0.15) is 6.20 Å². The van der Waals surface area contributed by atoms with Gasteiger partial charge < -0.3 is 9.47 Å². The lowest BCUT2D eigenvalue weighted by atomic mass is 10.2. The predicted octanol–water partition coefficient (Wildman–Crippen LogP) is 4.02. The summed E-state index contributed by atoms with van der Waals surface area (Å²) < 4.78 is 4.57. The SMILES string of the molecule is CC(C)N1C=CN(c2cccc(-c3cc4ccccc4n3C)[n+]2C)[C@@H]1C. The van der Waals surface area contributed by atoms with Gasteiger partial charge in [-0.2, -0.15) is 0 Å². The van der Waals surface area contributed by atoms with Crippen LogP contribution in [0.4, 0.5) is 5.82 Å². The van der Waals surface area contributed by atoms with Crippen molar-refractivity contribution in [3.8, 4) is 11.4 Å². The highest BCUT2D eigenvalue weighted by molar-refractivity contribution is 5.85. The van der Waals surface area contributed by atoms with Gasteiger partial charge in [-0.05, 0) is 45.0 Å². The molecule has 1 aromatic carbocycles. The summed E-state index contributed by atoms with van der Waals surface area (Å²) in [6.07, 6.45) is 4.69. The number of aromatic nitrogens is 2. The first kappa shape index (κ1) is 16.7. The Morgan fingerprint density at radius 2 is 1.77 bits per heavy atom. The Morgan fingerprint density at radius 3 is 2.46 bits per heavy atom. The lowest BCUT2D eigenvalue weighted by molar-refractivity contribution is -0.647. The van der Waals surface area contributed by atoms with Crippen LogP contribution in [-0.2, 0) is 14.1 Å². The van der Waals surface area contributed by atoms with Crippen LogP contribution in [0.5, 0.6) is 0 Å². The van der Waals surface area contributed by atoms with Gasteiger partial charge in [-0.3, -0.25) is 0 Å². The van der Waals surface area contributed by atoms with Crippen LogP contribution in [0, 0.1) is 0 Å². The Labute approximate surface area is 155 Å². The molecule has 4 rings (SSSR count). The highest BCUT2D eigenvalue weighted by atomic mass is 15.4. The molecule has 0 aliphatic carbocycles. The fourth-order valence-electron chi connectivity index (χ4n) is 4.04. The number of pyridine rings is 1. The first-order valence-electron chi connectivity index (χ1n) is 9.27. The number of para-hydroxylation sites is 1. The number of hydrogen-bond acceptors (Lipinski definition) is 2. The molecule has 0 saturated heterocycles. The largest absolute Gasteiger partial charge is 0.341 e. The maximum Gasteiger partial charge on any atom is 0.283 e. The van der Waals surface area contributed by atoms with Crippen molar-refractivity contribution in [1.29, 1.82) is 0 Å². The van der Waals surface area contributed by atoms with Gasteiger partial charge in [-0.15, -0.1) is 0 Å². The monoisotopic (exact) mass is 347 g/mol. The molecule has 0 spiro atoms. The zero-order valence-corrected chi connectivity index (χ0v) is 16.2. The third-order valence-electron chi connectivity index (χ3n) is 5.51. The average Bonchev–Trinajstić information content (AvgIpc) is 3.16. The normalized spacial score (nSPS) is 17.1. The van der Waals surface area contributed by atoms with E-state index in [0.29, 0.717) is 12.2 Å². The summed E-state index contributed by atoms with van der Waals surface area (Å²) in [5, 5.41) is 1.27. The lowest BCUT2D eigenvalue weighted by Crippen LogP contribution is -2.45. The van der Waals surface area contributed by atoms with E-state index in [-0.39, 0.29) is 0 Å². The van der Waals surface area contributed by atoms with E-state index in [9.17, 15) is 0 Å². The molecular formula is C22H27N4+. The van der Waals surface area contributed by atoms with Gasteiger partial charge in [0.25, 0.3) is 5.82 Å². The van der Waals surface area contributed by atoms with E-state index in [1.165, 1.54) is 28.1 Å². The minimum Gasteiger partial charge on any atom is -0.341 e. The first-order valence-corrected chi connectivity index (χ1v) is 9.27. The molecule has 26 heavy (non-hydrogen) atoms. The number of anilines is 1. The van der Waals surface area contributed by atoms with Gasteiger partial charge in [-0.1, -0.05) is 18.2 Å². The van der Waals surface area contributed by atoms with Crippen LogP contribution < -0.4 is 9.47 Å². The Bertz CT molecular complexity index is 983. The summed E-state index contributed by atoms with van der Waals surface area (Å²) in [7, 11) is 4.30. The van der Waals surface area contributed by atoms with Gasteiger partial charge in [0.05, 0.1) is 12.7 Å². The average molecular weight is 347 g/mol. The quantitative estimate of drug-likeness (QED) is 0.665. The second-order valence-electron chi connectivity index (χ2n) is 7.35. The minimum absolute atomic E-state index is 0.309. The van der Waals surface area contributed by atoms with Crippen LogP contribution in [-0.4, -0.2) is 21.7 Å². The molecule has 0 amide bonds. The number of benzene rings is 1. The van der Waals surface area contributed by atoms with E-state index in [1.54, 1.807) is 0 Å². The second kappa shape index (κ2) is 6.20. The number of aryl methyl sites for hydroxylation is 1. The van der Waals surface area contributed by atoms with Gasteiger partial charge in [-0.25, -0.2) is 9.47 Å². The van der Waals surface area contributed by atoms with Gasteiger partial charge in [0.2, 0.25) is 0 Å². The molecule has 0 bridgehead atoms. The zero-order valence-electron chi connectivity index (χ0n) is 16.2. The van der Waals surface area contributed by atoms with Crippen molar-refractivity contribution < 1.29 is 4.57 Å². The minimum atomic E-state index is 0.309. The van der Waals surface area contributed by atoms with Crippen molar-refractivity contribution in [1.82, 2.24) is 9.47 Å². The van der Waals surface area contributed by atoms with E-state index in [1.807, 2.05) is 0 Å². The van der Waals surface area contributed by atoms with Crippen molar-refractivity contribution >= 4 is 16.7 Å². The fourth-order valence-corrected chi connectivity index (χ4v) is 4.04. The molecule has 3 heterocycles. The summed E-state index contributed by atoms with van der Waals surface area (Å²) in [5.41, 5.74) is 3.70. The Hall–Kier alpha value is -2.75. The molecule has 3 aromatic rings. The molecule has 0 saturated carbocycles. The Balaban J connectivity index is 1.80. The molecule has 134 valence electrons. The van der Waals surface area contributed by atoms with E-state index in [4.69, 9.17) is 0 Å². The third-order valence-corrected chi connectivity index (χ3v) is 5.51. The summed E-state index contributed by atoms with van der Waals surface area (Å²) in [5.74, 6) is 1.19. The smallest absolute Gasteiger partial charge is 0.283 e. The molecule has 1 aliphatic heterocycles. The standard InChI is InChI=1S/C22H27N4/c1-16(2)25-13-14-26(17(25)3)22-12-8-11-20(24(22)5)21-15-18-9-6-7-10-19(18)23(21)4/h6-17H,1-5H3/q+1/t17-/m1/s1. The molecule has 1 atom stereocenters. The fraction of sp³-hybridized carbons (Fsp3) is 0.318. The molecule has 4 heteroatoms. The number of rotatable bonds is 3. The molecule has 1 aliphatic rings. The van der Waals surface area contributed by atoms with Crippen molar-refractivity contribution in [2.75, 3.05) is 4.90 Å². The van der Waals surface area contributed by atoms with Crippen LogP contribution in [0.25, 0.3) is 22.3 Å². The molecule has 2 aromatic heterocycles. The summed E-state index contributed by atoms with van der Waals surface area (Å²) in [6, 6.07) is 17.8. The number of fused-ring (bicyclic) bond motifs is 1. The van der Waals surface area contributed by atoms with E-state index < -0.39 is 0 Å². The summed E-state index contributed by atoms with van der Waals surface area (Å²) in [6.45, 7) is 6.72. The van der Waals surface area contributed by atoms with Crippen molar-refractivity contribution in [3.63, 3.8) is 0 Å². The van der Waals surface area contributed by atoms with Crippen molar-refractivity contribution in [3.05, 3.63) is 60.9 Å². The highest BCUT2D eigenvalue weighted by Gasteiger charge is 2.33. The van der Waals surface area contributed by atoms with Gasteiger partial charge in [0.15, 0.2) is 11.9 Å². The number of nitrogens with zero attached hydrogens (tertiary/aromatic N) is 4. The summed E-state index contributed by atoms with van der Waals surface area (Å²) in [4.78, 5) is 4.72. The lowest BCUT2D eigenvalue weighted by Gasteiger charge is -2.28. The predicted molar refractivity (Wildman–Crippen MR) is 108 cm³/mol. The van der Waals surface area contributed by atoms with E-state index in [2.05, 4.69) is 115 Å². The molecular weight excluding hydrogens is 320 g/mol. The number of hydrogen-bond donors (Lipinski definition) is 0. The summed E-state index contributed by atoms with van der Waals surface area (Å²) >= 11 is 0. The third kappa shape index (κ3) is 2.48. The van der Waals surface area contributed by atoms with Crippen LogP contribution in [0.15, 0.2) is 60.9 Å². The molecule has 0 fully saturated rings. The zero-order chi connectivity index (χ0) is 18.4. The van der Waals surface area contributed by atoms with Crippen molar-refractivity contribution in [2.24, 2.45) is 14.1 Å². The maximum absolute atomic E-state index is 2.38. The second-order valence-corrected chi connectivity index (χ2v) is 7.35. The van der Waals surface area contributed by atoms with Crippen LogP contribution in [0.1, 0.15) is 20.8 Å². The Morgan fingerprint density at radius 1 is 1.00 bits per heavy atom. The van der Waals surface area contributed by atoms with Crippen LogP contribution >= 0.6 is 0 Å². The molecule has 0 N–H and O–H groups in total. The van der Waals surface area contributed by atoms with E-state index >= 15 is 0 Å². The van der Waals surface area contributed by atoms with Crippen LogP contribution in [0.2, 0.25) is 0 Å². The first-order chi connectivity index (χ1) is 12.5. The van der Waals surface area contributed by atoms with Crippen molar-refractivity contribution in [2.45, 2.75) is 33.0 Å². The maximum atomic E-state index is 2.38. The Kier molecular flexibility index (Phi) is 3.98. The molecule has 0 unspecified atom stereocenters. The molecule has 0 radical (unpaired) electrons.